The van der Waals surface area contributed by atoms with Crippen LogP contribution in [-0.2, 0) is 10.2 Å². The third-order valence-corrected chi connectivity index (χ3v) is 2.29. The number of phenols is 1. The Balaban J connectivity index is 3.13. The minimum atomic E-state index is -1.31. The molecule has 4 nitrogen and oxygen atoms in total. The number of aromatic hydroxyl groups is 1. The monoisotopic (exact) mass is 196 g/mol. The van der Waals surface area contributed by atoms with Crippen molar-refractivity contribution in [1.29, 1.82) is 0 Å². The molecule has 76 valence electrons. The molecule has 0 aliphatic carbocycles. The topological polar surface area (TPSA) is 77.8 Å². The second-order valence-corrected chi connectivity index (χ2v) is 3.34. The van der Waals surface area contributed by atoms with Crippen LogP contribution in [0.2, 0.25) is 0 Å². The lowest BCUT2D eigenvalue weighted by atomic mass is 9.83. The van der Waals surface area contributed by atoms with Gasteiger partial charge in [0.15, 0.2) is 0 Å². The summed E-state index contributed by atoms with van der Waals surface area (Å²) < 4.78 is 0. The molecule has 1 aromatic rings. The van der Waals surface area contributed by atoms with Crippen molar-refractivity contribution in [3.05, 3.63) is 29.8 Å². The molecule has 0 fully saturated rings. The first kappa shape index (κ1) is 10.5. The van der Waals surface area contributed by atoms with Gasteiger partial charge in [-0.3, -0.25) is 4.79 Å². The number of hydrogen-bond acceptors (Lipinski definition) is 3. The molecule has 1 atom stereocenters. The second kappa shape index (κ2) is 3.67. The third kappa shape index (κ3) is 1.70. The highest BCUT2D eigenvalue weighted by atomic mass is 16.4. The number of carboxylic acids is 1. The fraction of sp³-hybridized carbons (Fsp3) is 0.300. The maximum Gasteiger partial charge on any atom is 0.316 e. The van der Waals surface area contributed by atoms with E-state index in [1.807, 2.05) is 0 Å². The van der Waals surface area contributed by atoms with Crippen LogP contribution in [-0.4, -0.2) is 27.9 Å². The quantitative estimate of drug-likeness (QED) is 0.665. The zero-order valence-corrected chi connectivity index (χ0v) is 7.77. The highest BCUT2D eigenvalue weighted by Gasteiger charge is 2.34. The summed E-state index contributed by atoms with van der Waals surface area (Å²) in [6.45, 7) is 0.953. The van der Waals surface area contributed by atoms with E-state index in [1.165, 1.54) is 31.2 Å². The van der Waals surface area contributed by atoms with Crippen LogP contribution in [0.5, 0.6) is 5.75 Å². The van der Waals surface area contributed by atoms with E-state index in [9.17, 15) is 4.79 Å². The van der Waals surface area contributed by atoms with E-state index in [1.54, 1.807) is 0 Å². The highest BCUT2D eigenvalue weighted by Crippen LogP contribution is 2.25. The van der Waals surface area contributed by atoms with Gasteiger partial charge in [0.2, 0.25) is 0 Å². The molecule has 0 aromatic heterocycles. The van der Waals surface area contributed by atoms with Crippen LogP contribution in [0.4, 0.5) is 0 Å². The first-order valence-electron chi connectivity index (χ1n) is 4.14. The molecular weight excluding hydrogens is 184 g/mol. The van der Waals surface area contributed by atoms with Crippen molar-refractivity contribution >= 4 is 5.97 Å². The van der Waals surface area contributed by atoms with Gasteiger partial charge in [0.25, 0.3) is 0 Å². The summed E-state index contributed by atoms with van der Waals surface area (Å²) in [5.74, 6) is -1.02. The van der Waals surface area contributed by atoms with Gasteiger partial charge in [-0.2, -0.15) is 0 Å². The molecule has 0 amide bonds. The van der Waals surface area contributed by atoms with Crippen molar-refractivity contribution in [2.45, 2.75) is 12.3 Å². The Morgan fingerprint density at radius 3 is 2.21 bits per heavy atom. The predicted octanol–water partition coefficient (Wildman–Crippen LogP) is 0.727. The lowest BCUT2D eigenvalue weighted by Crippen LogP contribution is -2.36. The molecule has 3 N–H and O–H groups in total. The fourth-order valence-electron chi connectivity index (χ4n) is 1.11. The van der Waals surface area contributed by atoms with Crippen molar-refractivity contribution in [1.82, 2.24) is 0 Å². The standard InChI is InChI=1S/C10H12O4/c1-10(6-11,9(13)14)7-2-4-8(12)5-3-7/h2-5,11-12H,6H2,1H3,(H,13,14). The zero-order chi connectivity index (χ0) is 10.8. The largest absolute Gasteiger partial charge is 0.508 e. The number of rotatable bonds is 3. The molecule has 0 saturated heterocycles. The maximum absolute atomic E-state index is 10.9. The fourth-order valence-corrected chi connectivity index (χ4v) is 1.11. The molecule has 14 heavy (non-hydrogen) atoms. The SMILES string of the molecule is CC(CO)(C(=O)O)c1ccc(O)cc1. The highest BCUT2D eigenvalue weighted by molar-refractivity contribution is 5.81. The third-order valence-electron chi connectivity index (χ3n) is 2.29. The number of hydrogen-bond donors (Lipinski definition) is 3. The molecule has 0 radical (unpaired) electrons. The normalized spacial score (nSPS) is 14.7. The Labute approximate surface area is 81.4 Å². The van der Waals surface area contributed by atoms with E-state index in [0.29, 0.717) is 5.56 Å². The second-order valence-electron chi connectivity index (χ2n) is 3.34. The first-order chi connectivity index (χ1) is 6.50. The first-order valence-corrected chi connectivity index (χ1v) is 4.14. The van der Waals surface area contributed by atoms with E-state index in [2.05, 4.69) is 0 Å². The molecule has 1 unspecified atom stereocenters. The van der Waals surface area contributed by atoms with E-state index in [4.69, 9.17) is 15.3 Å². The summed E-state index contributed by atoms with van der Waals surface area (Å²) in [4.78, 5) is 10.9. The number of aliphatic hydroxyl groups is 1. The molecule has 4 heteroatoms. The summed E-state index contributed by atoms with van der Waals surface area (Å²) in [6, 6.07) is 5.76. The number of carbonyl (C=O) groups is 1. The summed E-state index contributed by atoms with van der Waals surface area (Å²) in [5, 5.41) is 27.0. The van der Waals surface area contributed by atoms with Gasteiger partial charge in [0.05, 0.1) is 6.61 Å². The van der Waals surface area contributed by atoms with Gasteiger partial charge in [0.1, 0.15) is 11.2 Å². The number of benzene rings is 1. The van der Waals surface area contributed by atoms with Crippen molar-refractivity contribution in [3.8, 4) is 5.75 Å². The van der Waals surface area contributed by atoms with Crippen LogP contribution in [0.25, 0.3) is 0 Å². The van der Waals surface area contributed by atoms with Gasteiger partial charge in [-0.15, -0.1) is 0 Å². The molecule has 1 aromatic carbocycles. The Kier molecular flexibility index (Phi) is 2.76. The van der Waals surface area contributed by atoms with E-state index < -0.39 is 18.0 Å². The van der Waals surface area contributed by atoms with E-state index >= 15 is 0 Å². The van der Waals surface area contributed by atoms with Crippen molar-refractivity contribution < 1.29 is 20.1 Å². The van der Waals surface area contributed by atoms with Gasteiger partial charge in [-0.1, -0.05) is 12.1 Å². The molecular formula is C10H12O4. The lowest BCUT2D eigenvalue weighted by Gasteiger charge is -2.22. The lowest BCUT2D eigenvalue weighted by molar-refractivity contribution is -0.144. The summed E-state index contributed by atoms with van der Waals surface area (Å²) in [7, 11) is 0. The Hall–Kier alpha value is -1.55. The smallest absolute Gasteiger partial charge is 0.316 e. The van der Waals surface area contributed by atoms with Gasteiger partial charge >= 0.3 is 5.97 Å². The minimum absolute atomic E-state index is 0.0689. The Morgan fingerprint density at radius 2 is 1.86 bits per heavy atom. The number of phenolic OH excluding ortho intramolecular Hbond substituents is 1. The summed E-state index contributed by atoms with van der Waals surface area (Å²) in [5.41, 5.74) is -0.849. The Bertz CT molecular complexity index is 330. The average molecular weight is 196 g/mol. The molecule has 0 heterocycles. The van der Waals surface area contributed by atoms with Crippen LogP contribution in [0, 0.1) is 0 Å². The van der Waals surface area contributed by atoms with Gasteiger partial charge < -0.3 is 15.3 Å². The predicted molar refractivity (Wildman–Crippen MR) is 50.2 cm³/mol. The van der Waals surface area contributed by atoms with Crippen molar-refractivity contribution in [2.24, 2.45) is 0 Å². The molecule has 0 bridgehead atoms. The van der Waals surface area contributed by atoms with Gasteiger partial charge in [-0.25, -0.2) is 0 Å². The van der Waals surface area contributed by atoms with Crippen LogP contribution >= 0.6 is 0 Å². The van der Waals surface area contributed by atoms with Crippen molar-refractivity contribution in [3.63, 3.8) is 0 Å². The van der Waals surface area contributed by atoms with Crippen LogP contribution in [0.3, 0.4) is 0 Å². The molecule has 0 aliphatic rings. The minimum Gasteiger partial charge on any atom is -0.508 e. The summed E-state index contributed by atoms with van der Waals surface area (Å²) >= 11 is 0. The van der Waals surface area contributed by atoms with Crippen LogP contribution < -0.4 is 0 Å². The Morgan fingerprint density at radius 1 is 1.36 bits per heavy atom. The summed E-state index contributed by atoms with van der Waals surface area (Å²) in [6.07, 6.45) is 0. The zero-order valence-electron chi connectivity index (χ0n) is 7.77. The van der Waals surface area contributed by atoms with E-state index in [0.717, 1.165) is 0 Å². The van der Waals surface area contributed by atoms with E-state index in [-0.39, 0.29) is 5.75 Å². The molecule has 0 spiro atoms. The molecule has 0 saturated carbocycles. The maximum atomic E-state index is 10.9. The number of carboxylic acid groups (broad SMARTS) is 1. The van der Waals surface area contributed by atoms with Crippen LogP contribution in [0.1, 0.15) is 12.5 Å². The van der Waals surface area contributed by atoms with Gasteiger partial charge in [0, 0.05) is 0 Å². The number of aliphatic hydroxyl groups excluding tert-OH is 1. The van der Waals surface area contributed by atoms with Crippen LogP contribution in [0.15, 0.2) is 24.3 Å². The number of aliphatic carboxylic acids is 1. The van der Waals surface area contributed by atoms with Crippen molar-refractivity contribution in [2.75, 3.05) is 6.61 Å². The molecule has 1 rings (SSSR count). The molecule has 0 aliphatic heterocycles. The average Bonchev–Trinajstić information content (AvgIpc) is 2.17. The van der Waals surface area contributed by atoms with Gasteiger partial charge in [-0.05, 0) is 24.6 Å².